The molecule has 1 aliphatic heterocycles. The third-order valence-electron chi connectivity index (χ3n) is 3.40. The van der Waals surface area contributed by atoms with Gasteiger partial charge >= 0.3 is 6.18 Å². The summed E-state index contributed by atoms with van der Waals surface area (Å²) in [7, 11) is 0. The molecule has 22 heavy (non-hydrogen) atoms. The molecule has 1 aromatic heterocycles. The lowest BCUT2D eigenvalue weighted by Crippen LogP contribution is -2.45. The fourth-order valence-corrected chi connectivity index (χ4v) is 2.46. The van der Waals surface area contributed by atoms with Gasteiger partial charge in [0.2, 0.25) is 5.88 Å². The fraction of sp³-hybridized carbons (Fsp3) is 0.714. The van der Waals surface area contributed by atoms with E-state index in [-0.39, 0.29) is 5.88 Å². The molecule has 5 nitrogen and oxygen atoms in total. The Hall–Kier alpha value is -1.57. The lowest BCUT2D eigenvalue weighted by Gasteiger charge is -2.33. The number of hydrogen-bond donors (Lipinski definition) is 1. The van der Waals surface area contributed by atoms with Gasteiger partial charge in [0.05, 0.1) is 0 Å². The molecule has 0 unspecified atom stereocenters. The van der Waals surface area contributed by atoms with Crippen LogP contribution in [0.4, 0.5) is 19.0 Å². The van der Waals surface area contributed by atoms with E-state index in [2.05, 4.69) is 39.0 Å². The Bertz CT molecular complexity index is 456. The molecule has 0 saturated carbocycles. The highest BCUT2D eigenvalue weighted by Gasteiger charge is 2.28. The van der Waals surface area contributed by atoms with Crippen LogP contribution in [0.2, 0.25) is 0 Å². The van der Waals surface area contributed by atoms with Crippen molar-refractivity contribution in [2.75, 3.05) is 24.6 Å². The lowest BCUT2D eigenvalue weighted by atomic mass is 10.0. The Kier molecular flexibility index (Phi) is 5.44. The summed E-state index contributed by atoms with van der Waals surface area (Å²) in [6.07, 6.45) is -2.36. The van der Waals surface area contributed by atoms with Crippen LogP contribution in [-0.2, 0) is 0 Å². The van der Waals surface area contributed by atoms with E-state index in [1.807, 2.05) is 0 Å². The van der Waals surface area contributed by atoms with Crippen LogP contribution < -0.4 is 15.0 Å². The summed E-state index contributed by atoms with van der Waals surface area (Å²) in [6, 6.07) is 4.03. The van der Waals surface area contributed by atoms with Crippen LogP contribution in [0.15, 0.2) is 12.1 Å². The van der Waals surface area contributed by atoms with Crippen molar-refractivity contribution < 1.29 is 17.9 Å². The van der Waals surface area contributed by atoms with Crippen LogP contribution in [0, 0.1) is 0 Å². The molecule has 0 aromatic carbocycles. The van der Waals surface area contributed by atoms with E-state index in [0.29, 0.717) is 17.9 Å². The standard InChI is InChI=1S/C14H21F3N4O/c1-10(2)18-11-5-7-21(8-6-11)12-3-4-13(20-19-12)22-9-14(15,16)17/h3-4,10-11,18H,5-9H2,1-2H3. The third kappa shape index (κ3) is 5.32. The molecule has 2 heterocycles. The summed E-state index contributed by atoms with van der Waals surface area (Å²) < 4.78 is 40.7. The Morgan fingerprint density at radius 1 is 1.27 bits per heavy atom. The van der Waals surface area contributed by atoms with Gasteiger partial charge in [-0.1, -0.05) is 13.8 Å². The van der Waals surface area contributed by atoms with Gasteiger partial charge in [-0.15, -0.1) is 10.2 Å². The molecule has 0 aliphatic carbocycles. The molecule has 124 valence electrons. The number of ether oxygens (including phenoxy) is 1. The number of hydrogen-bond acceptors (Lipinski definition) is 5. The first-order valence-electron chi connectivity index (χ1n) is 7.38. The summed E-state index contributed by atoms with van der Waals surface area (Å²) >= 11 is 0. The van der Waals surface area contributed by atoms with Crippen molar-refractivity contribution in [3.05, 3.63) is 12.1 Å². The molecule has 0 amide bonds. The third-order valence-corrected chi connectivity index (χ3v) is 3.40. The largest absolute Gasteiger partial charge is 0.467 e. The smallest absolute Gasteiger partial charge is 0.422 e. The van der Waals surface area contributed by atoms with Crippen LogP contribution in [0.25, 0.3) is 0 Å². The number of aromatic nitrogens is 2. The molecule has 2 rings (SSSR count). The quantitative estimate of drug-likeness (QED) is 0.903. The first-order chi connectivity index (χ1) is 10.3. The molecule has 0 bridgehead atoms. The van der Waals surface area contributed by atoms with Gasteiger partial charge in [-0.05, 0) is 18.9 Å². The van der Waals surface area contributed by atoms with E-state index in [0.717, 1.165) is 25.9 Å². The summed E-state index contributed by atoms with van der Waals surface area (Å²) in [5.41, 5.74) is 0. The number of piperidine rings is 1. The second-order valence-corrected chi connectivity index (χ2v) is 5.72. The molecule has 1 aromatic rings. The van der Waals surface area contributed by atoms with Crippen LogP contribution in [-0.4, -0.2) is 48.2 Å². The number of rotatable bonds is 5. The number of nitrogens with one attached hydrogen (secondary N) is 1. The van der Waals surface area contributed by atoms with E-state index < -0.39 is 12.8 Å². The predicted octanol–water partition coefficient (Wildman–Crippen LogP) is 2.38. The molecule has 1 saturated heterocycles. The lowest BCUT2D eigenvalue weighted by molar-refractivity contribution is -0.154. The van der Waals surface area contributed by atoms with E-state index in [9.17, 15) is 13.2 Å². The van der Waals surface area contributed by atoms with Crippen molar-refractivity contribution in [1.29, 1.82) is 0 Å². The monoisotopic (exact) mass is 318 g/mol. The van der Waals surface area contributed by atoms with Crippen molar-refractivity contribution in [2.45, 2.75) is 44.9 Å². The molecular formula is C14H21F3N4O. The van der Waals surface area contributed by atoms with E-state index in [1.165, 1.54) is 6.07 Å². The molecule has 1 aliphatic rings. The summed E-state index contributed by atoms with van der Waals surface area (Å²) in [6.45, 7) is 4.59. The average molecular weight is 318 g/mol. The van der Waals surface area contributed by atoms with E-state index in [1.54, 1.807) is 6.07 Å². The van der Waals surface area contributed by atoms with Crippen molar-refractivity contribution in [3.63, 3.8) is 0 Å². The molecule has 0 radical (unpaired) electrons. The van der Waals surface area contributed by atoms with Crippen molar-refractivity contribution in [3.8, 4) is 5.88 Å². The van der Waals surface area contributed by atoms with Gasteiger partial charge in [0.15, 0.2) is 12.4 Å². The minimum atomic E-state index is -4.37. The second kappa shape index (κ2) is 7.13. The van der Waals surface area contributed by atoms with Crippen LogP contribution >= 0.6 is 0 Å². The first-order valence-corrected chi connectivity index (χ1v) is 7.38. The molecule has 1 N–H and O–H groups in total. The molecule has 1 fully saturated rings. The highest BCUT2D eigenvalue weighted by atomic mass is 19.4. The van der Waals surface area contributed by atoms with Gasteiger partial charge in [-0.25, -0.2) is 0 Å². The Balaban J connectivity index is 1.84. The van der Waals surface area contributed by atoms with Crippen molar-refractivity contribution in [1.82, 2.24) is 15.5 Å². The zero-order valence-electron chi connectivity index (χ0n) is 12.7. The van der Waals surface area contributed by atoms with Crippen LogP contribution in [0.5, 0.6) is 5.88 Å². The number of nitrogens with zero attached hydrogens (tertiary/aromatic N) is 3. The number of halogens is 3. The van der Waals surface area contributed by atoms with Crippen molar-refractivity contribution >= 4 is 5.82 Å². The van der Waals surface area contributed by atoms with Gasteiger partial charge in [0, 0.05) is 31.2 Å². The average Bonchev–Trinajstić information content (AvgIpc) is 2.45. The first kappa shape index (κ1) is 16.8. The minimum absolute atomic E-state index is 0.113. The molecule has 0 spiro atoms. The topological polar surface area (TPSA) is 50.3 Å². The number of anilines is 1. The van der Waals surface area contributed by atoms with Crippen LogP contribution in [0.1, 0.15) is 26.7 Å². The maximum atomic E-state index is 12.1. The molecular weight excluding hydrogens is 297 g/mol. The highest BCUT2D eigenvalue weighted by Crippen LogP contribution is 2.20. The zero-order valence-corrected chi connectivity index (χ0v) is 12.7. The summed E-state index contributed by atoms with van der Waals surface area (Å²) in [5.74, 6) is 0.555. The second-order valence-electron chi connectivity index (χ2n) is 5.72. The minimum Gasteiger partial charge on any atom is -0.467 e. The highest BCUT2D eigenvalue weighted by molar-refractivity contribution is 5.38. The molecule has 8 heteroatoms. The number of alkyl halides is 3. The summed E-state index contributed by atoms with van der Waals surface area (Å²) in [4.78, 5) is 2.08. The maximum absolute atomic E-state index is 12.1. The van der Waals surface area contributed by atoms with Gasteiger partial charge in [0.25, 0.3) is 0 Å². The fourth-order valence-electron chi connectivity index (χ4n) is 2.46. The Labute approximate surface area is 127 Å². The van der Waals surface area contributed by atoms with Gasteiger partial charge in [-0.2, -0.15) is 13.2 Å². The van der Waals surface area contributed by atoms with Crippen molar-refractivity contribution in [2.24, 2.45) is 0 Å². The predicted molar refractivity (Wildman–Crippen MR) is 77.1 cm³/mol. The SMILES string of the molecule is CC(C)NC1CCN(c2ccc(OCC(F)(F)F)nn2)CC1. The zero-order chi connectivity index (χ0) is 16.2. The Morgan fingerprint density at radius 3 is 2.45 bits per heavy atom. The maximum Gasteiger partial charge on any atom is 0.422 e. The van der Waals surface area contributed by atoms with Gasteiger partial charge < -0.3 is 15.0 Å². The summed E-state index contributed by atoms with van der Waals surface area (Å²) in [5, 5.41) is 11.2. The molecule has 0 atom stereocenters. The van der Waals surface area contributed by atoms with Gasteiger partial charge in [-0.3, -0.25) is 0 Å². The van der Waals surface area contributed by atoms with E-state index in [4.69, 9.17) is 0 Å². The van der Waals surface area contributed by atoms with Gasteiger partial charge in [0.1, 0.15) is 0 Å². The van der Waals surface area contributed by atoms with E-state index >= 15 is 0 Å². The normalized spacial score (nSPS) is 17.1. The Morgan fingerprint density at radius 2 is 1.95 bits per heavy atom. The van der Waals surface area contributed by atoms with Crippen LogP contribution in [0.3, 0.4) is 0 Å².